The van der Waals surface area contributed by atoms with Gasteiger partial charge in [-0.15, -0.1) is 0 Å². The zero-order valence-electron chi connectivity index (χ0n) is 27.9. The number of benzene rings is 1. The number of carboxylic acid groups (broad SMARTS) is 1. The summed E-state index contributed by atoms with van der Waals surface area (Å²) in [6, 6.07) is 7.83. The second kappa shape index (κ2) is 9.81. The predicted octanol–water partition coefficient (Wildman–Crippen LogP) is 7.95. The Balaban J connectivity index is 1.21. The van der Waals surface area contributed by atoms with E-state index in [0.29, 0.717) is 18.4 Å². The number of methoxy groups -OCH3 is 1. The van der Waals surface area contributed by atoms with Crippen LogP contribution in [0.3, 0.4) is 0 Å². The summed E-state index contributed by atoms with van der Waals surface area (Å²) in [5, 5.41) is 22.6. The topological polar surface area (TPSA) is 85.2 Å². The minimum absolute atomic E-state index is 0.0390. The molecule has 242 valence electrons. The van der Waals surface area contributed by atoms with Gasteiger partial charge >= 0.3 is 5.97 Å². The highest BCUT2D eigenvalue weighted by atomic mass is 16.7. The van der Waals surface area contributed by atoms with Gasteiger partial charge in [0.05, 0.1) is 31.3 Å². The molecule has 1 aromatic carbocycles. The molecule has 1 heterocycles. The lowest BCUT2D eigenvalue weighted by molar-refractivity contribution is -0.339. The van der Waals surface area contributed by atoms with Gasteiger partial charge in [-0.25, -0.2) is 0 Å². The minimum atomic E-state index is -0.621. The quantitative estimate of drug-likeness (QED) is 0.340. The summed E-state index contributed by atoms with van der Waals surface area (Å²) < 4.78 is 18.5. The number of carbonyl (C=O) groups is 1. The fourth-order valence-electron chi connectivity index (χ4n) is 12.3. The van der Waals surface area contributed by atoms with Gasteiger partial charge in [-0.3, -0.25) is 4.79 Å². The summed E-state index contributed by atoms with van der Waals surface area (Å²) >= 11 is 0. The number of ether oxygens (including phenoxy) is 3. The standard InChI is InChI=1S/C38H54O6/c1-33(2)16-18-38(32(40)41)19-17-36(5)25(26(38)20-33)12-13-29-34(3)21-27(39)30-35(4,28(34)14-15-37(29,36)6)22-43-31(44-30)23-8-10-24(42-7)11-9-23/h8-12,26-31,39H,13-22H2,1-7H3,(H,40,41)/t26-,27+,28+,29+,30-,31?,34-,35-,36+,37+,38-/m0/s1. The van der Waals surface area contributed by atoms with E-state index in [4.69, 9.17) is 14.2 Å². The number of rotatable bonds is 3. The van der Waals surface area contributed by atoms with Gasteiger partial charge in [0, 0.05) is 11.0 Å². The average molecular weight is 607 g/mol. The van der Waals surface area contributed by atoms with Crippen LogP contribution in [0.5, 0.6) is 5.75 Å². The van der Waals surface area contributed by atoms with Gasteiger partial charge in [0.2, 0.25) is 0 Å². The lowest BCUT2D eigenvalue weighted by Crippen LogP contribution is -2.69. The van der Waals surface area contributed by atoms with Crippen LogP contribution in [0, 0.1) is 50.2 Å². The molecule has 0 spiro atoms. The van der Waals surface area contributed by atoms with E-state index in [1.807, 2.05) is 24.3 Å². The number of aliphatic hydroxyl groups excluding tert-OH is 1. The van der Waals surface area contributed by atoms with Crippen LogP contribution >= 0.6 is 0 Å². The second-order valence-electron chi connectivity index (χ2n) is 17.4. The Labute approximate surface area is 263 Å². The number of fused-ring (bicyclic) bond motifs is 9. The molecular formula is C38H54O6. The van der Waals surface area contributed by atoms with E-state index >= 15 is 0 Å². The first kappa shape index (κ1) is 30.7. The summed E-state index contributed by atoms with van der Waals surface area (Å²) in [5.74, 6) is 1.10. The molecule has 0 amide bonds. The van der Waals surface area contributed by atoms with Crippen LogP contribution in [0.2, 0.25) is 0 Å². The van der Waals surface area contributed by atoms with Crippen molar-refractivity contribution in [2.24, 2.45) is 50.2 Å². The first-order valence-corrected chi connectivity index (χ1v) is 17.2. The van der Waals surface area contributed by atoms with Crippen LogP contribution < -0.4 is 4.74 Å². The molecule has 2 N–H and O–H groups in total. The van der Waals surface area contributed by atoms with Crippen LogP contribution in [0.15, 0.2) is 35.9 Å². The molecule has 7 rings (SSSR count). The Bertz CT molecular complexity index is 1350. The summed E-state index contributed by atoms with van der Waals surface area (Å²) in [6.45, 7) is 15.0. The zero-order valence-corrected chi connectivity index (χ0v) is 27.9. The van der Waals surface area contributed by atoms with Crippen molar-refractivity contribution < 1.29 is 29.2 Å². The van der Waals surface area contributed by atoms with Crippen molar-refractivity contribution >= 4 is 5.97 Å². The van der Waals surface area contributed by atoms with E-state index in [2.05, 4.69) is 47.6 Å². The van der Waals surface area contributed by atoms with E-state index in [1.54, 1.807) is 7.11 Å². The van der Waals surface area contributed by atoms with Crippen molar-refractivity contribution in [3.8, 4) is 5.75 Å². The fraction of sp³-hybridized carbons (Fsp3) is 0.763. The predicted molar refractivity (Wildman–Crippen MR) is 169 cm³/mol. The lowest BCUT2D eigenvalue weighted by atomic mass is 9.33. The molecule has 6 nitrogen and oxygen atoms in total. The normalized spacial score (nSPS) is 49.2. The van der Waals surface area contributed by atoms with Gasteiger partial charge < -0.3 is 24.4 Å². The van der Waals surface area contributed by atoms with Gasteiger partial charge in [0.25, 0.3) is 0 Å². The van der Waals surface area contributed by atoms with Gasteiger partial charge in [0.1, 0.15) is 5.75 Å². The first-order valence-electron chi connectivity index (χ1n) is 17.2. The van der Waals surface area contributed by atoms with Gasteiger partial charge in [-0.2, -0.15) is 0 Å². The van der Waals surface area contributed by atoms with E-state index < -0.39 is 23.8 Å². The van der Waals surface area contributed by atoms with Crippen LogP contribution in [0.1, 0.15) is 111 Å². The number of aliphatic hydroxyl groups is 1. The Morgan fingerprint density at radius 2 is 1.61 bits per heavy atom. The van der Waals surface area contributed by atoms with Crippen molar-refractivity contribution in [2.45, 2.75) is 118 Å². The molecule has 0 radical (unpaired) electrons. The summed E-state index contributed by atoms with van der Waals surface area (Å²) in [4.78, 5) is 13.0. The SMILES string of the molecule is COc1ccc(C2OC[C@@]3(C)[C@@H]4CC[C@]5(C)[C@H](CC=C6[C@@H]7CC(C)(C)CC[C@]7(C(=O)O)CC[C@]65C)[C@@]4(C)C[C@@H](O)[C@@H]3O2)cc1. The molecule has 1 aliphatic heterocycles. The highest BCUT2D eigenvalue weighted by Crippen LogP contribution is 2.76. The van der Waals surface area contributed by atoms with Crippen molar-refractivity contribution in [1.29, 1.82) is 0 Å². The molecule has 1 saturated heterocycles. The second-order valence-corrected chi connectivity index (χ2v) is 17.4. The summed E-state index contributed by atoms with van der Waals surface area (Å²) in [6.07, 6.45) is 9.48. The monoisotopic (exact) mass is 606 g/mol. The molecule has 0 aromatic heterocycles. The lowest BCUT2D eigenvalue weighted by Gasteiger charge is -2.72. The smallest absolute Gasteiger partial charge is 0.310 e. The van der Waals surface area contributed by atoms with Crippen molar-refractivity contribution in [3.05, 3.63) is 41.5 Å². The Hall–Kier alpha value is -1.89. The Kier molecular flexibility index (Phi) is 6.86. The number of aliphatic carboxylic acids is 1. The molecule has 5 aliphatic carbocycles. The molecule has 6 heteroatoms. The zero-order chi connectivity index (χ0) is 31.5. The first-order chi connectivity index (χ1) is 20.6. The average Bonchev–Trinajstić information content (AvgIpc) is 2.97. The van der Waals surface area contributed by atoms with Gasteiger partial charge in [-0.05, 0) is 109 Å². The maximum absolute atomic E-state index is 13.0. The molecule has 5 fully saturated rings. The van der Waals surface area contributed by atoms with Crippen molar-refractivity contribution in [2.75, 3.05) is 13.7 Å². The summed E-state index contributed by atoms with van der Waals surface area (Å²) in [7, 11) is 1.66. The molecule has 6 aliphatic rings. The largest absolute Gasteiger partial charge is 0.497 e. The molecule has 11 atom stereocenters. The third kappa shape index (κ3) is 3.98. The molecular weight excluding hydrogens is 552 g/mol. The van der Waals surface area contributed by atoms with E-state index in [-0.39, 0.29) is 39.1 Å². The van der Waals surface area contributed by atoms with Crippen LogP contribution in [0.4, 0.5) is 0 Å². The molecule has 4 saturated carbocycles. The molecule has 0 bridgehead atoms. The van der Waals surface area contributed by atoms with Crippen molar-refractivity contribution in [1.82, 2.24) is 0 Å². The maximum Gasteiger partial charge on any atom is 0.310 e. The number of hydrogen-bond acceptors (Lipinski definition) is 5. The van der Waals surface area contributed by atoms with Crippen molar-refractivity contribution in [3.63, 3.8) is 0 Å². The van der Waals surface area contributed by atoms with Crippen LogP contribution in [-0.2, 0) is 14.3 Å². The van der Waals surface area contributed by atoms with Crippen LogP contribution in [-0.4, -0.2) is 42.1 Å². The minimum Gasteiger partial charge on any atom is -0.497 e. The van der Waals surface area contributed by atoms with Gasteiger partial charge in [-0.1, -0.05) is 65.3 Å². The van der Waals surface area contributed by atoms with Gasteiger partial charge in [0.15, 0.2) is 6.29 Å². The van der Waals surface area contributed by atoms with Crippen LogP contribution in [0.25, 0.3) is 0 Å². The Morgan fingerprint density at radius 3 is 2.30 bits per heavy atom. The number of allylic oxidation sites excluding steroid dienone is 2. The highest BCUT2D eigenvalue weighted by Gasteiger charge is 2.71. The Morgan fingerprint density at radius 1 is 0.909 bits per heavy atom. The fourth-order valence-corrected chi connectivity index (χ4v) is 12.3. The van der Waals surface area contributed by atoms with E-state index in [9.17, 15) is 15.0 Å². The summed E-state index contributed by atoms with van der Waals surface area (Å²) in [5.41, 5.74) is 1.57. The van der Waals surface area contributed by atoms with E-state index in [0.717, 1.165) is 69.1 Å². The third-order valence-corrected chi connectivity index (χ3v) is 15.0. The molecule has 44 heavy (non-hydrogen) atoms. The molecule has 1 aromatic rings. The number of carboxylic acids is 1. The van der Waals surface area contributed by atoms with E-state index in [1.165, 1.54) is 5.57 Å². The number of hydrogen-bond donors (Lipinski definition) is 2. The molecule has 1 unspecified atom stereocenters. The maximum atomic E-state index is 13.0. The third-order valence-electron chi connectivity index (χ3n) is 15.0. The highest BCUT2D eigenvalue weighted by molar-refractivity contribution is 5.76.